The molecule has 0 aliphatic carbocycles. The molecule has 0 fully saturated rings. The van der Waals surface area contributed by atoms with E-state index in [1.54, 1.807) is 0 Å². The summed E-state index contributed by atoms with van der Waals surface area (Å²) >= 11 is 0. The first-order valence-corrected chi connectivity index (χ1v) is 18.3. The highest BCUT2D eigenvalue weighted by atomic mass is 28.3. The Morgan fingerprint density at radius 3 is 1.70 bits per heavy atom. The summed E-state index contributed by atoms with van der Waals surface area (Å²) in [5.74, 6) is 0. The molecule has 7 aromatic carbocycles. The molecule has 1 aromatic heterocycles. The Balaban J connectivity index is 1.44. The van der Waals surface area contributed by atoms with Crippen LogP contribution in [0.15, 0.2) is 170 Å². The Morgan fingerprint density at radius 1 is 0.520 bits per heavy atom. The van der Waals surface area contributed by atoms with Gasteiger partial charge >= 0.3 is 0 Å². The zero-order chi connectivity index (χ0) is 34.1. The van der Waals surface area contributed by atoms with E-state index in [4.69, 9.17) is 13.1 Å². The Morgan fingerprint density at radius 2 is 1.10 bits per heavy atom. The summed E-state index contributed by atoms with van der Waals surface area (Å²) in [6.45, 7) is 16.8. The number of para-hydroxylation sites is 1. The summed E-state index contributed by atoms with van der Waals surface area (Å²) in [5.41, 5.74) is 5.93. The lowest BCUT2D eigenvalue weighted by atomic mass is 10.0. The molecule has 0 unspecified atom stereocenters. The first-order chi connectivity index (χ1) is 24.7. The molecule has 8 aromatic rings. The van der Waals surface area contributed by atoms with Gasteiger partial charge in [-0.15, -0.1) is 0 Å². The van der Waals surface area contributed by atoms with Gasteiger partial charge in [-0.05, 0) is 68.3 Å². The molecule has 232 valence electrons. The van der Waals surface area contributed by atoms with Crippen LogP contribution in [0.4, 0.5) is 11.4 Å². The molecule has 0 spiro atoms. The van der Waals surface area contributed by atoms with Gasteiger partial charge in [-0.2, -0.15) is 5.26 Å². The van der Waals surface area contributed by atoms with Crippen molar-refractivity contribution in [3.05, 3.63) is 198 Å². The molecule has 0 aliphatic heterocycles. The third-order valence-electron chi connectivity index (χ3n) is 9.61. The minimum absolute atomic E-state index is 0.478. The molecule has 0 saturated heterocycles. The average molecular weight is 653 g/mol. The highest BCUT2D eigenvalue weighted by Gasteiger charge is 2.43. The van der Waals surface area contributed by atoms with Crippen molar-refractivity contribution in [2.24, 2.45) is 0 Å². The summed E-state index contributed by atoms with van der Waals surface area (Å²) in [5, 5.41) is 16.4. The Bertz CT molecular complexity index is 2580. The van der Waals surface area contributed by atoms with Crippen molar-refractivity contribution < 1.29 is 0 Å². The maximum Gasteiger partial charge on any atom is 0.211 e. The molecule has 0 bridgehead atoms. The molecular formula is C45H28N4Si. The number of nitriles is 1. The van der Waals surface area contributed by atoms with E-state index in [1.165, 1.54) is 15.6 Å². The summed E-state index contributed by atoms with van der Waals surface area (Å²) in [6.07, 6.45) is 0. The van der Waals surface area contributed by atoms with Crippen LogP contribution in [0.5, 0.6) is 0 Å². The molecule has 0 aliphatic rings. The van der Waals surface area contributed by atoms with Crippen LogP contribution in [0, 0.1) is 24.5 Å². The van der Waals surface area contributed by atoms with E-state index in [1.807, 2.05) is 72.8 Å². The molecule has 0 radical (unpaired) electrons. The lowest BCUT2D eigenvalue weighted by Gasteiger charge is -2.36. The smallest absolute Gasteiger partial charge is 0.211 e. The lowest BCUT2D eigenvalue weighted by molar-refractivity contribution is 1.19. The SMILES string of the molecule is [C-]#[N+]c1cc(-c2c([N+]#[C-])cccc2[Si](c2ccccc2)(c2ccccc2)c2ccccc2)ccc1-n1c2ccccc2c2cc(C#N)ccc21. The number of nitrogens with zero attached hydrogens (tertiary/aromatic N) is 4. The fourth-order valence-electron chi connectivity index (χ4n) is 7.54. The molecule has 0 N–H and O–H groups in total. The van der Waals surface area contributed by atoms with Crippen LogP contribution >= 0.6 is 0 Å². The molecule has 5 heteroatoms. The number of hydrogen-bond acceptors (Lipinski definition) is 1. The van der Waals surface area contributed by atoms with Gasteiger partial charge in [-0.3, -0.25) is 0 Å². The highest BCUT2D eigenvalue weighted by Crippen LogP contribution is 2.39. The number of fused-ring (bicyclic) bond motifs is 3. The predicted molar refractivity (Wildman–Crippen MR) is 207 cm³/mol. The second kappa shape index (κ2) is 12.6. The Labute approximate surface area is 292 Å². The number of benzene rings is 7. The summed E-state index contributed by atoms with van der Waals surface area (Å²) in [4.78, 5) is 8.18. The van der Waals surface area contributed by atoms with Crippen LogP contribution < -0.4 is 20.7 Å². The van der Waals surface area contributed by atoms with E-state index >= 15 is 0 Å². The van der Waals surface area contributed by atoms with Crippen LogP contribution in [0.1, 0.15) is 5.56 Å². The van der Waals surface area contributed by atoms with Crippen molar-refractivity contribution in [1.82, 2.24) is 4.57 Å². The second-order valence-corrected chi connectivity index (χ2v) is 15.9. The quantitative estimate of drug-likeness (QED) is 0.101. The molecule has 0 saturated carbocycles. The molecular weight excluding hydrogens is 625 g/mol. The van der Waals surface area contributed by atoms with Gasteiger partial charge in [0.25, 0.3) is 0 Å². The van der Waals surface area contributed by atoms with Crippen LogP contribution in [-0.4, -0.2) is 12.6 Å². The number of rotatable bonds is 6. The monoisotopic (exact) mass is 652 g/mol. The second-order valence-electron chi connectivity index (χ2n) is 12.2. The zero-order valence-corrected chi connectivity index (χ0v) is 28.0. The first kappa shape index (κ1) is 30.4. The van der Waals surface area contributed by atoms with Crippen molar-refractivity contribution in [1.29, 1.82) is 5.26 Å². The molecule has 0 amide bonds. The Kier molecular flexibility index (Phi) is 7.63. The zero-order valence-electron chi connectivity index (χ0n) is 27.0. The third-order valence-corrected chi connectivity index (χ3v) is 14.4. The number of hydrogen-bond donors (Lipinski definition) is 0. The van der Waals surface area contributed by atoms with E-state index in [0.29, 0.717) is 16.9 Å². The standard InChI is InChI=1S/C45H28N4Si/c1-47-39-22-14-24-44(50(34-15-6-3-7-16-34,35-17-8-4-9-18-35)36-19-10-5-11-20-36)45(39)33-26-28-43(40(30-33)48-2)49-41-23-13-12-21-37(41)38-29-32(31-46)25-27-42(38)49/h3-30H. The highest BCUT2D eigenvalue weighted by molar-refractivity contribution is 7.20. The van der Waals surface area contributed by atoms with E-state index in [0.717, 1.165) is 43.8 Å². The van der Waals surface area contributed by atoms with Gasteiger partial charge in [-0.1, -0.05) is 133 Å². The van der Waals surface area contributed by atoms with Gasteiger partial charge in [0.2, 0.25) is 5.69 Å². The lowest BCUT2D eigenvalue weighted by Crippen LogP contribution is -2.75. The van der Waals surface area contributed by atoms with Gasteiger partial charge in [0, 0.05) is 10.8 Å². The van der Waals surface area contributed by atoms with Gasteiger partial charge in [-0.25, -0.2) is 9.69 Å². The van der Waals surface area contributed by atoms with Crippen molar-refractivity contribution in [2.45, 2.75) is 0 Å². The van der Waals surface area contributed by atoms with Crippen molar-refractivity contribution in [3.63, 3.8) is 0 Å². The fourth-order valence-corrected chi connectivity index (χ4v) is 12.5. The summed E-state index contributed by atoms with van der Waals surface area (Å²) < 4.78 is 2.11. The van der Waals surface area contributed by atoms with Gasteiger partial charge in [0.1, 0.15) is 0 Å². The van der Waals surface area contributed by atoms with Crippen LogP contribution in [0.3, 0.4) is 0 Å². The topological polar surface area (TPSA) is 37.4 Å². The Hall–Kier alpha value is -6.97. The third kappa shape index (κ3) is 4.72. The van der Waals surface area contributed by atoms with Gasteiger partial charge in [0.05, 0.1) is 41.5 Å². The predicted octanol–water partition coefficient (Wildman–Crippen LogP) is 8.80. The van der Waals surface area contributed by atoms with Crippen molar-refractivity contribution >= 4 is 62.0 Å². The van der Waals surface area contributed by atoms with E-state index in [2.05, 4.69) is 117 Å². The minimum Gasteiger partial charge on any atom is -0.319 e. The minimum atomic E-state index is -3.00. The molecule has 0 atom stereocenters. The maximum absolute atomic E-state index is 9.64. The van der Waals surface area contributed by atoms with Crippen LogP contribution in [-0.2, 0) is 0 Å². The summed E-state index contributed by atoms with van der Waals surface area (Å²) in [7, 11) is -3.00. The average Bonchev–Trinajstić information content (AvgIpc) is 3.52. The summed E-state index contributed by atoms with van der Waals surface area (Å²) in [6, 6.07) is 60.2. The molecule has 50 heavy (non-hydrogen) atoms. The van der Waals surface area contributed by atoms with Crippen LogP contribution in [0.2, 0.25) is 0 Å². The first-order valence-electron chi connectivity index (χ1n) is 16.3. The van der Waals surface area contributed by atoms with Gasteiger partial charge in [0.15, 0.2) is 13.8 Å². The fraction of sp³-hybridized carbons (Fsp3) is 0. The van der Waals surface area contributed by atoms with E-state index < -0.39 is 8.07 Å². The van der Waals surface area contributed by atoms with E-state index in [-0.39, 0.29) is 0 Å². The van der Waals surface area contributed by atoms with Gasteiger partial charge < -0.3 is 4.57 Å². The maximum atomic E-state index is 9.64. The van der Waals surface area contributed by atoms with Crippen molar-refractivity contribution in [3.8, 4) is 22.9 Å². The number of aromatic nitrogens is 1. The largest absolute Gasteiger partial charge is 0.319 e. The molecule has 4 nitrogen and oxygen atoms in total. The molecule has 8 rings (SSSR count). The van der Waals surface area contributed by atoms with Crippen molar-refractivity contribution in [2.75, 3.05) is 0 Å². The molecule has 1 heterocycles. The van der Waals surface area contributed by atoms with E-state index in [9.17, 15) is 5.26 Å². The normalized spacial score (nSPS) is 11.1. The van der Waals surface area contributed by atoms with Crippen LogP contribution in [0.25, 0.3) is 48.3 Å².